The number of carbonyl (C=O) groups excluding carboxylic acids is 1. The molecule has 0 bridgehead atoms. The van der Waals surface area contributed by atoms with Gasteiger partial charge in [-0.05, 0) is 61.0 Å². The van der Waals surface area contributed by atoms with Crippen LogP contribution in [0.1, 0.15) is 15.9 Å². The maximum atomic E-state index is 13.1. The molecule has 1 atom stereocenters. The molecule has 0 fully saturated rings. The number of aliphatic hydroxyl groups excluding tert-OH is 2. The average molecular weight is 506 g/mol. The topological polar surface area (TPSA) is 127 Å². The van der Waals surface area contributed by atoms with E-state index >= 15 is 0 Å². The number of benzene rings is 3. The van der Waals surface area contributed by atoms with E-state index in [1.165, 1.54) is 6.07 Å². The lowest BCUT2D eigenvalue weighted by Gasteiger charge is -2.14. The smallest absolute Gasteiger partial charge is 0.360 e. The highest BCUT2D eigenvalue weighted by molar-refractivity contribution is 6.05. The minimum Gasteiger partial charge on any atom is -0.497 e. The van der Waals surface area contributed by atoms with E-state index in [0.717, 1.165) is 5.56 Å². The molecule has 3 aromatic carbocycles. The van der Waals surface area contributed by atoms with Crippen molar-refractivity contribution in [3.63, 3.8) is 0 Å². The summed E-state index contributed by atoms with van der Waals surface area (Å²) in [5.41, 5.74) is 1.92. The SMILES string of the molecule is COc1cccc(-c2cc(C(=O)Nc3cc4ccc(OCC(O)CO)c(C)c4oc3=O)ccc2OC)c1. The van der Waals surface area contributed by atoms with E-state index in [0.29, 0.717) is 44.9 Å². The molecule has 0 saturated carbocycles. The summed E-state index contributed by atoms with van der Waals surface area (Å²) in [4.78, 5) is 25.8. The van der Waals surface area contributed by atoms with Crippen LogP contribution in [0.25, 0.3) is 22.1 Å². The molecular weight excluding hydrogens is 478 g/mol. The summed E-state index contributed by atoms with van der Waals surface area (Å²) in [5.74, 6) is 1.16. The Hall–Kier alpha value is -4.34. The molecular formula is C28H27NO8. The van der Waals surface area contributed by atoms with Crippen molar-refractivity contribution in [2.45, 2.75) is 13.0 Å². The van der Waals surface area contributed by atoms with Gasteiger partial charge in [-0.1, -0.05) is 12.1 Å². The minimum atomic E-state index is -1.03. The number of nitrogens with one attached hydrogen (secondary N) is 1. The molecule has 9 heteroatoms. The van der Waals surface area contributed by atoms with E-state index in [9.17, 15) is 14.7 Å². The molecule has 0 aliphatic rings. The first-order valence-corrected chi connectivity index (χ1v) is 11.5. The van der Waals surface area contributed by atoms with Crippen LogP contribution in [-0.4, -0.2) is 49.7 Å². The molecule has 0 saturated heterocycles. The number of ether oxygens (including phenoxy) is 3. The fourth-order valence-corrected chi connectivity index (χ4v) is 3.85. The zero-order valence-electron chi connectivity index (χ0n) is 20.6. The Balaban J connectivity index is 1.62. The highest BCUT2D eigenvalue weighted by Gasteiger charge is 2.17. The molecule has 1 amide bonds. The number of carbonyl (C=O) groups is 1. The predicted molar refractivity (Wildman–Crippen MR) is 139 cm³/mol. The number of amides is 1. The van der Waals surface area contributed by atoms with Crippen LogP contribution in [0.3, 0.4) is 0 Å². The highest BCUT2D eigenvalue weighted by atomic mass is 16.5. The second kappa shape index (κ2) is 11.2. The van der Waals surface area contributed by atoms with Gasteiger partial charge in [-0.25, -0.2) is 4.79 Å². The highest BCUT2D eigenvalue weighted by Crippen LogP contribution is 2.33. The fraction of sp³-hybridized carbons (Fsp3) is 0.214. The number of fused-ring (bicyclic) bond motifs is 1. The maximum absolute atomic E-state index is 13.1. The predicted octanol–water partition coefficient (Wildman–Crippen LogP) is 3.77. The first kappa shape index (κ1) is 25.7. The lowest BCUT2D eigenvalue weighted by atomic mass is 10.0. The first-order valence-electron chi connectivity index (χ1n) is 11.5. The molecule has 0 radical (unpaired) electrons. The monoisotopic (exact) mass is 505 g/mol. The van der Waals surface area contributed by atoms with Crippen molar-refractivity contribution in [1.29, 1.82) is 0 Å². The third-order valence-corrected chi connectivity index (χ3v) is 5.83. The normalized spacial score (nSPS) is 11.7. The number of methoxy groups -OCH3 is 2. The third-order valence-electron chi connectivity index (χ3n) is 5.83. The van der Waals surface area contributed by atoms with Crippen molar-refractivity contribution in [2.75, 3.05) is 32.8 Å². The van der Waals surface area contributed by atoms with Gasteiger partial charge in [0.1, 0.15) is 41.2 Å². The molecule has 0 aliphatic carbocycles. The lowest BCUT2D eigenvalue weighted by Crippen LogP contribution is -2.21. The van der Waals surface area contributed by atoms with E-state index < -0.39 is 24.2 Å². The Morgan fingerprint density at radius 2 is 1.81 bits per heavy atom. The van der Waals surface area contributed by atoms with Gasteiger partial charge >= 0.3 is 5.63 Å². The van der Waals surface area contributed by atoms with E-state index in [4.69, 9.17) is 23.7 Å². The summed E-state index contributed by atoms with van der Waals surface area (Å²) in [6.45, 7) is 1.17. The standard InChI is InChI=1S/C28H27NO8/c1-16-24(36-15-20(31)14-30)9-7-18-13-23(28(33)37-26(16)18)29-27(32)19-8-10-25(35-3)22(12-19)17-5-4-6-21(11-17)34-2/h4-13,20,30-31H,14-15H2,1-3H3,(H,29,32). The van der Waals surface area contributed by atoms with Crippen molar-refractivity contribution in [2.24, 2.45) is 0 Å². The van der Waals surface area contributed by atoms with Gasteiger partial charge in [-0.15, -0.1) is 0 Å². The molecule has 1 aromatic heterocycles. The van der Waals surface area contributed by atoms with E-state index in [1.54, 1.807) is 51.5 Å². The number of hydrogen-bond acceptors (Lipinski definition) is 8. The van der Waals surface area contributed by atoms with E-state index in [2.05, 4.69) is 5.32 Å². The first-order chi connectivity index (χ1) is 17.8. The number of rotatable bonds is 9. The molecule has 0 aliphatic heterocycles. The summed E-state index contributed by atoms with van der Waals surface area (Å²) < 4.78 is 21.8. The summed E-state index contributed by atoms with van der Waals surface area (Å²) in [6.07, 6.45) is -1.03. The van der Waals surface area contributed by atoms with Gasteiger partial charge in [-0.2, -0.15) is 0 Å². The van der Waals surface area contributed by atoms with Crippen LogP contribution in [0.4, 0.5) is 5.69 Å². The van der Waals surface area contributed by atoms with Gasteiger partial charge in [-0.3, -0.25) is 4.79 Å². The molecule has 9 nitrogen and oxygen atoms in total. The van der Waals surface area contributed by atoms with Crippen LogP contribution in [-0.2, 0) is 0 Å². The average Bonchev–Trinajstić information content (AvgIpc) is 2.93. The molecule has 1 heterocycles. The Morgan fingerprint density at radius 1 is 1.03 bits per heavy atom. The van der Waals surface area contributed by atoms with Crippen LogP contribution in [0.5, 0.6) is 17.2 Å². The summed E-state index contributed by atoms with van der Waals surface area (Å²) in [5, 5.41) is 21.7. The van der Waals surface area contributed by atoms with E-state index in [-0.39, 0.29) is 12.3 Å². The van der Waals surface area contributed by atoms with Gasteiger partial charge in [0.15, 0.2) is 0 Å². The van der Waals surface area contributed by atoms with E-state index in [1.807, 2.05) is 24.3 Å². The molecule has 1 unspecified atom stereocenters. The summed E-state index contributed by atoms with van der Waals surface area (Å²) in [7, 11) is 3.12. The largest absolute Gasteiger partial charge is 0.497 e. The van der Waals surface area contributed by atoms with Crippen LogP contribution in [0, 0.1) is 6.92 Å². The van der Waals surface area contributed by atoms with Gasteiger partial charge < -0.3 is 34.2 Å². The zero-order valence-corrected chi connectivity index (χ0v) is 20.6. The van der Waals surface area contributed by atoms with Gasteiger partial charge in [0, 0.05) is 22.1 Å². The Bertz CT molecular complexity index is 1490. The Morgan fingerprint density at radius 3 is 2.54 bits per heavy atom. The van der Waals surface area contributed by atoms with Crippen LogP contribution < -0.4 is 25.2 Å². The third kappa shape index (κ3) is 5.58. The van der Waals surface area contributed by atoms with Crippen LogP contribution in [0.15, 0.2) is 69.9 Å². The summed E-state index contributed by atoms with van der Waals surface area (Å²) >= 11 is 0. The number of anilines is 1. The van der Waals surface area contributed by atoms with Crippen LogP contribution >= 0.6 is 0 Å². The fourth-order valence-electron chi connectivity index (χ4n) is 3.85. The van der Waals surface area contributed by atoms with Crippen molar-refractivity contribution in [3.05, 3.63) is 82.2 Å². The van der Waals surface area contributed by atoms with Gasteiger partial charge in [0.25, 0.3) is 5.91 Å². The van der Waals surface area contributed by atoms with Crippen molar-refractivity contribution in [3.8, 4) is 28.4 Å². The molecule has 37 heavy (non-hydrogen) atoms. The lowest BCUT2D eigenvalue weighted by molar-refractivity contribution is 0.0534. The second-order valence-electron chi connectivity index (χ2n) is 8.30. The molecule has 3 N–H and O–H groups in total. The van der Waals surface area contributed by atoms with Crippen molar-refractivity contribution < 1.29 is 33.6 Å². The number of hydrogen-bond donors (Lipinski definition) is 3. The Labute approximate surface area is 212 Å². The quantitative estimate of drug-likeness (QED) is 0.294. The van der Waals surface area contributed by atoms with Gasteiger partial charge in [0.05, 0.1) is 20.8 Å². The molecule has 0 spiro atoms. The molecule has 192 valence electrons. The summed E-state index contributed by atoms with van der Waals surface area (Å²) in [6, 6.07) is 17.2. The maximum Gasteiger partial charge on any atom is 0.360 e. The minimum absolute atomic E-state index is 0.0139. The van der Waals surface area contributed by atoms with Crippen molar-refractivity contribution >= 4 is 22.6 Å². The molecule has 4 aromatic rings. The number of aryl methyl sites for hydroxylation is 1. The van der Waals surface area contributed by atoms with Crippen LogP contribution in [0.2, 0.25) is 0 Å². The van der Waals surface area contributed by atoms with Crippen molar-refractivity contribution in [1.82, 2.24) is 0 Å². The zero-order chi connectivity index (χ0) is 26.5. The van der Waals surface area contributed by atoms with Gasteiger partial charge in [0.2, 0.25) is 0 Å². The Kier molecular flexibility index (Phi) is 7.76. The number of aliphatic hydroxyl groups is 2. The second-order valence-corrected chi connectivity index (χ2v) is 8.30. The molecule has 4 rings (SSSR count).